The van der Waals surface area contributed by atoms with Gasteiger partial charge in [0, 0.05) is 6.04 Å². The van der Waals surface area contributed by atoms with E-state index in [4.69, 9.17) is 5.11 Å². The van der Waals surface area contributed by atoms with Crippen LogP contribution in [0.1, 0.15) is 41.9 Å². The molecular weight excluding hydrogens is 306 g/mol. The van der Waals surface area contributed by atoms with Gasteiger partial charge >= 0.3 is 5.97 Å². The summed E-state index contributed by atoms with van der Waals surface area (Å²) in [5.74, 6) is -1.32. The van der Waals surface area contributed by atoms with Crippen LogP contribution in [0.5, 0.6) is 0 Å². The van der Waals surface area contributed by atoms with Crippen LogP contribution >= 0.6 is 0 Å². The van der Waals surface area contributed by atoms with E-state index in [-0.39, 0.29) is 18.5 Å². The van der Waals surface area contributed by atoms with Gasteiger partial charge in [-0.15, -0.1) is 0 Å². The number of benzene rings is 1. The molecule has 24 heavy (non-hydrogen) atoms. The number of rotatable bonds is 6. The van der Waals surface area contributed by atoms with Crippen molar-refractivity contribution in [1.82, 2.24) is 14.7 Å². The van der Waals surface area contributed by atoms with E-state index in [2.05, 4.69) is 5.10 Å². The number of carboxylic acid groups (broad SMARTS) is 1. The maximum atomic E-state index is 12.8. The van der Waals surface area contributed by atoms with Crippen LogP contribution in [0.4, 0.5) is 0 Å². The minimum Gasteiger partial charge on any atom is -0.480 e. The quantitative estimate of drug-likeness (QED) is 0.884. The topological polar surface area (TPSA) is 75.4 Å². The highest BCUT2D eigenvalue weighted by molar-refractivity contribution is 5.97. The molecule has 1 N–H and O–H groups in total. The molecule has 0 fully saturated rings. The molecule has 0 aliphatic rings. The van der Waals surface area contributed by atoms with Crippen LogP contribution in [0.2, 0.25) is 0 Å². The summed E-state index contributed by atoms with van der Waals surface area (Å²) in [5, 5.41) is 13.4. The van der Waals surface area contributed by atoms with Gasteiger partial charge < -0.3 is 10.0 Å². The average Bonchev–Trinajstić information content (AvgIpc) is 2.93. The zero-order valence-electron chi connectivity index (χ0n) is 14.5. The maximum Gasteiger partial charge on any atom is 0.323 e. The second-order valence-corrected chi connectivity index (χ2v) is 5.93. The number of hydrogen-bond donors (Lipinski definition) is 1. The van der Waals surface area contributed by atoms with Crippen LogP contribution in [-0.4, -0.2) is 44.3 Å². The number of aliphatic carboxylic acids is 1. The number of aromatic nitrogens is 2. The number of para-hydroxylation sites is 1. The fourth-order valence-electron chi connectivity index (χ4n) is 2.61. The maximum absolute atomic E-state index is 12.8. The van der Waals surface area contributed by atoms with Crippen molar-refractivity contribution in [2.45, 2.75) is 40.2 Å². The molecule has 1 atom stereocenters. The highest BCUT2D eigenvalue weighted by Crippen LogP contribution is 2.19. The molecule has 6 nitrogen and oxygen atoms in total. The molecule has 0 bridgehead atoms. The van der Waals surface area contributed by atoms with Crippen molar-refractivity contribution in [3.8, 4) is 5.69 Å². The molecule has 0 aliphatic carbocycles. The fraction of sp³-hybridized carbons (Fsp3) is 0.389. The van der Waals surface area contributed by atoms with Gasteiger partial charge in [0.25, 0.3) is 5.91 Å². The van der Waals surface area contributed by atoms with Crippen molar-refractivity contribution in [2.75, 3.05) is 6.54 Å². The second kappa shape index (κ2) is 7.29. The lowest BCUT2D eigenvalue weighted by Crippen LogP contribution is -2.42. The Morgan fingerprint density at radius 2 is 1.96 bits per heavy atom. The van der Waals surface area contributed by atoms with Crippen molar-refractivity contribution in [3.05, 3.63) is 47.3 Å². The van der Waals surface area contributed by atoms with Crippen LogP contribution in [0.25, 0.3) is 5.69 Å². The predicted octanol–water partition coefficient (Wildman–Crippen LogP) is 2.81. The molecule has 2 aromatic rings. The third kappa shape index (κ3) is 3.48. The first-order valence-corrected chi connectivity index (χ1v) is 8.00. The standard InChI is InChI=1S/C18H23N3O3/c1-5-13(3)20(11-17(22)23)18(24)15-10-19-21(14(15)4)16-9-7-6-8-12(16)2/h6-10,13H,5,11H2,1-4H3,(H,22,23). The van der Waals surface area contributed by atoms with Gasteiger partial charge in [-0.1, -0.05) is 25.1 Å². The van der Waals surface area contributed by atoms with Crippen molar-refractivity contribution < 1.29 is 14.7 Å². The van der Waals surface area contributed by atoms with Crippen LogP contribution < -0.4 is 0 Å². The molecule has 0 radical (unpaired) electrons. The second-order valence-electron chi connectivity index (χ2n) is 5.93. The van der Waals surface area contributed by atoms with Crippen LogP contribution in [-0.2, 0) is 4.79 Å². The third-order valence-electron chi connectivity index (χ3n) is 4.27. The smallest absolute Gasteiger partial charge is 0.323 e. The zero-order valence-corrected chi connectivity index (χ0v) is 14.5. The zero-order chi connectivity index (χ0) is 17.9. The van der Waals surface area contributed by atoms with Crippen LogP contribution in [0.15, 0.2) is 30.5 Å². The minimum absolute atomic E-state index is 0.158. The molecule has 0 aliphatic heterocycles. The molecule has 1 aromatic heterocycles. The summed E-state index contributed by atoms with van der Waals surface area (Å²) in [6.07, 6.45) is 2.20. The van der Waals surface area contributed by atoms with Crippen molar-refractivity contribution in [1.29, 1.82) is 0 Å². The van der Waals surface area contributed by atoms with Gasteiger partial charge in [0.1, 0.15) is 6.54 Å². The molecule has 1 aromatic carbocycles. The molecule has 0 saturated heterocycles. The van der Waals surface area contributed by atoms with E-state index in [1.165, 1.54) is 11.1 Å². The lowest BCUT2D eigenvalue weighted by molar-refractivity contribution is -0.138. The average molecular weight is 329 g/mol. The summed E-state index contributed by atoms with van der Waals surface area (Å²) in [6.45, 7) is 7.26. The molecule has 1 amide bonds. The lowest BCUT2D eigenvalue weighted by Gasteiger charge is -2.26. The Kier molecular flexibility index (Phi) is 5.39. The molecule has 1 unspecified atom stereocenters. The Balaban J connectivity index is 2.40. The molecule has 2 rings (SSSR count). The van der Waals surface area contributed by atoms with E-state index < -0.39 is 5.97 Å². The van der Waals surface area contributed by atoms with E-state index in [0.29, 0.717) is 17.7 Å². The number of carboxylic acids is 1. The number of carbonyl (C=O) groups is 2. The van der Waals surface area contributed by atoms with Gasteiger partial charge in [0.15, 0.2) is 0 Å². The molecular formula is C18H23N3O3. The van der Waals surface area contributed by atoms with Crippen LogP contribution in [0.3, 0.4) is 0 Å². The van der Waals surface area contributed by atoms with Crippen molar-refractivity contribution in [2.24, 2.45) is 0 Å². The number of nitrogens with zero attached hydrogens (tertiary/aromatic N) is 3. The first-order valence-electron chi connectivity index (χ1n) is 8.00. The van der Waals surface area contributed by atoms with Crippen molar-refractivity contribution in [3.63, 3.8) is 0 Å². The lowest BCUT2D eigenvalue weighted by atomic mass is 10.1. The van der Waals surface area contributed by atoms with Gasteiger partial charge in [-0.3, -0.25) is 9.59 Å². The molecule has 0 saturated carbocycles. The Bertz CT molecular complexity index is 752. The number of amides is 1. The largest absolute Gasteiger partial charge is 0.480 e. The highest BCUT2D eigenvalue weighted by atomic mass is 16.4. The van der Waals surface area contributed by atoms with Gasteiger partial charge in [-0.05, 0) is 38.8 Å². The number of carbonyl (C=O) groups excluding carboxylic acids is 1. The van der Waals surface area contributed by atoms with E-state index >= 15 is 0 Å². The van der Waals surface area contributed by atoms with E-state index in [9.17, 15) is 9.59 Å². The summed E-state index contributed by atoms with van der Waals surface area (Å²) < 4.78 is 1.72. The monoisotopic (exact) mass is 329 g/mol. The van der Waals surface area contributed by atoms with Gasteiger partial charge in [0.2, 0.25) is 0 Å². The number of aryl methyl sites for hydroxylation is 1. The summed E-state index contributed by atoms with van der Waals surface area (Å²) in [7, 11) is 0. The summed E-state index contributed by atoms with van der Waals surface area (Å²) in [6, 6.07) is 7.62. The first kappa shape index (κ1) is 17.7. The molecule has 6 heteroatoms. The Hall–Kier alpha value is -2.63. The Labute approximate surface area is 141 Å². The summed E-state index contributed by atoms with van der Waals surface area (Å²) in [4.78, 5) is 25.3. The number of hydrogen-bond acceptors (Lipinski definition) is 3. The molecule has 128 valence electrons. The molecule has 0 spiro atoms. The molecule has 1 heterocycles. The van der Waals surface area contributed by atoms with Gasteiger partial charge in [-0.25, -0.2) is 4.68 Å². The normalized spacial score (nSPS) is 12.0. The van der Waals surface area contributed by atoms with Crippen LogP contribution in [0, 0.1) is 13.8 Å². The van der Waals surface area contributed by atoms with E-state index in [1.54, 1.807) is 4.68 Å². The van der Waals surface area contributed by atoms with E-state index in [1.807, 2.05) is 52.0 Å². The SMILES string of the molecule is CCC(C)N(CC(=O)O)C(=O)c1cnn(-c2ccccc2C)c1C. The minimum atomic E-state index is -1.02. The fourth-order valence-corrected chi connectivity index (χ4v) is 2.61. The van der Waals surface area contributed by atoms with Gasteiger partial charge in [-0.2, -0.15) is 5.10 Å². The van der Waals surface area contributed by atoms with E-state index in [0.717, 1.165) is 11.3 Å². The third-order valence-corrected chi connectivity index (χ3v) is 4.27. The Morgan fingerprint density at radius 3 is 2.54 bits per heavy atom. The highest BCUT2D eigenvalue weighted by Gasteiger charge is 2.26. The van der Waals surface area contributed by atoms with Gasteiger partial charge in [0.05, 0.1) is 23.1 Å². The predicted molar refractivity (Wildman–Crippen MR) is 91.5 cm³/mol. The Morgan fingerprint density at radius 1 is 1.29 bits per heavy atom. The summed E-state index contributed by atoms with van der Waals surface area (Å²) >= 11 is 0. The summed E-state index contributed by atoms with van der Waals surface area (Å²) in [5.41, 5.74) is 3.09. The first-order chi connectivity index (χ1) is 11.4. The van der Waals surface area contributed by atoms with Crippen molar-refractivity contribution >= 4 is 11.9 Å².